The van der Waals surface area contributed by atoms with Gasteiger partial charge in [0.15, 0.2) is 0 Å². The maximum absolute atomic E-state index is 13.4. The Kier molecular flexibility index (Phi) is 5.82. The van der Waals surface area contributed by atoms with Crippen molar-refractivity contribution < 1.29 is 4.79 Å². The van der Waals surface area contributed by atoms with Gasteiger partial charge < -0.3 is 4.90 Å². The predicted octanol–water partition coefficient (Wildman–Crippen LogP) is 2.59. The lowest BCUT2D eigenvalue weighted by Crippen LogP contribution is -2.47. The first-order chi connectivity index (χ1) is 13.9. The highest BCUT2D eigenvalue weighted by Crippen LogP contribution is 2.44. The molecule has 0 bridgehead atoms. The summed E-state index contributed by atoms with van der Waals surface area (Å²) < 4.78 is 1.86. The Morgan fingerprint density at radius 1 is 1.28 bits per heavy atom. The molecule has 29 heavy (non-hydrogen) atoms. The molecule has 7 heteroatoms. The van der Waals surface area contributed by atoms with Gasteiger partial charge in [0.25, 0.3) is 0 Å². The van der Waals surface area contributed by atoms with E-state index in [1.54, 1.807) is 0 Å². The molecule has 2 aliphatic rings. The summed E-state index contributed by atoms with van der Waals surface area (Å²) in [5.74, 6) is 0.683. The van der Waals surface area contributed by atoms with E-state index in [-0.39, 0.29) is 5.41 Å². The Hall–Kier alpha value is -1.70. The van der Waals surface area contributed by atoms with Crippen LogP contribution in [0.15, 0.2) is 24.5 Å². The van der Waals surface area contributed by atoms with E-state index < -0.39 is 0 Å². The standard InChI is InChI=1S/C22H33N5OS/c1-17-6-7-20(29-17)15-26-9-5-8-22(21(28)24(2)3)16-27(14-19(22)13-26)12-18-10-23-25(4)11-18/h6-7,10-11,19H,5,8-9,12-16H2,1-4H3/t19-,22-/m0/s1. The summed E-state index contributed by atoms with van der Waals surface area (Å²) in [6.07, 6.45) is 6.10. The summed E-state index contributed by atoms with van der Waals surface area (Å²) in [6, 6.07) is 4.47. The van der Waals surface area contributed by atoms with Gasteiger partial charge in [-0.3, -0.25) is 19.3 Å². The minimum Gasteiger partial charge on any atom is -0.348 e. The second-order valence-corrected chi connectivity index (χ2v) is 10.5. The average Bonchev–Trinajstić information content (AvgIpc) is 3.32. The van der Waals surface area contributed by atoms with E-state index in [1.807, 2.05) is 48.3 Å². The van der Waals surface area contributed by atoms with Crippen LogP contribution in [0.4, 0.5) is 0 Å². The minimum atomic E-state index is -0.258. The van der Waals surface area contributed by atoms with Crippen LogP contribution in [0, 0.1) is 18.3 Å². The molecule has 158 valence electrons. The first-order valence-electron chi connectivity index (χ1n) is 10.5. The molecule has 0 N–H and O–H groups in total. The van der Waals surface area contributed by atoms with Crippen LogP contribution in [-0.2, 0) is 24.9 Å². The van der Waals surface area contributed by atoms with Crippen LogP contribution in [0.25, 0.3) is 0 Å². The lowest BCUT2D eigenvalue weighted by molar-refractivity contribution is -0.141. The molecule has 2 aliphatic heterocycles. The molecule has 2 atom stereocenters. The van der Waals surface area contributed by atoms with Crippen LogP contribution in [0.5, 0.6) is 0 Å². The van der Waals surface area contributed by atoms with E-state index in [0.29, 0.717) is 11.8 Å². The second kappa shape index (κ2) is 8.20. The van der Waals surface area contributed by atoms with E-state index in [2.05, 4.69) is 40.2 Å². The molecule has 2 aromatic rings. The van der Waals surface area contributed by atoms with Crippen molar-refractivity contribution in [3.05, 3.63) is 39.8 Å². The Morgan fingerprint density at radius 3 is 2.72 bits per heavy atom. The molecule has 1 amide bonds. The van der Waals surface area contributed by atoms with Crippen molar-refractivity contribution in [2.75, 3.05) is 40.3 Å². The number of amides is 1. The van der Waals surface area contributed by atoms with Gasteiger partial charge in [0, 0.05) is 75.4 Å². The third-order valence-electron chi connectivity index (χ3n) is 6.51. The summed E-state index contributed by atoms with van der Waals surface area (Å²) >= 11 is 1.89. The van der Waals surface area contributed by atoms with Gasteiger partial charge in [0.2, 0.25) is 5.91 Å². The van der Waals surface area contributed by atoms with Crippen LogP contribution in [-0.4, -0.2) is 70.7 Å². The number of aromatic nitrogens is 2. The Bertz CT molecular complexity index is 859. The largest absolute Gasteiger partial charge is 0.348 e. The van der Waals surface area contributed by atoms with Gasteiger partial charge in [0.1, 0.15) is 0 Å². The molecular formula is C22H33N5OS. The van der Waals surface area contributed by atoms with Crippen molar-refractivity contribution in [2.45, 2.75) is 32.9 Å². The predicted molar refractivity (Wildman–Crippen MR) is 117 cm³/mol. The zero-order chi connectivity index (χ0) is 20.6. The number of carbonyl (C=O) groups excluding carboxylic acids is 1. The number of carbonyl (C=O) groups is 1. The van der Waals surface area contributed by atoms with Crippen molar-refractivity contribution >= 4 is 17.2 Å². The number of rotatable bonds is 5. The molecule has 4 rings (SSSR count). The number of aryl methyl sites for hydroxylation is 2. The fourth-order valence-corrected chi connectivity index (χ4v) is 6.21. The lowest BCUT2D eigenvalue weighted by Gasteiger charge is -2.35. The van der Waals surface area contributed by atoms with Crippen molar-refractivity contribution in [1.82, 2.24) is 24.5 Å². The van der Waals surface area contributed by atoms with Crippen LogP contribution in [0.2, 0.25) is 0 Å². The number of likely N-dealkylation sites (tertiary alicyclic amines) is 2. The molecule has 2 saturated heterocycles. The molecule has 0 unspecified atom stereocenters. The average molecular weight is 416 g/mol. The van der Waals surface area contributed by atoms with Gasteiger partial charge in [-0.2, -0.15) is 5.10 Å². The molecule has 0 spiro atoms. The zero-order valence-electron chi connectivity index (χ0n) is 18.1. The fourth-order valence-electron chi connectivity index (χ4n) is 5.28. The molecule has 2 fully saturated rings. The maximum atomic E-state index is 13.4. The number of fused-ring (bicyclic) bond motifs is 1. The Morgan fingerprint density at radius 2 is 2.07 bits per heavy atom. The molecular weight excluding hydrogens is 382 g/mol. The summed E-state index contributed by atoms with van der Waals surface area (Å²) in [6.45, 7) is 7.97. The smallest absolute Gasteiger partial charge is 0.229 e. The van der Waals surface area contributed by atoms with Crippen LogP contribution in [0.3, 0.4) is 0 Å². The first-order valence-corrected chi connectivity index (χ1v) is 11.4. The number of hydrogen-bond acceptors (Lipinski definition) is 5. The minimum absolute atomic E-state index is 0.258. The van der Waals surface area contributed by atoms with Crippen LogP contribution >= 0.6 is 11.3 Å². The molecule has 0 saturated carbocycles. The quantitative estimate of drug-likeness (QED) is 0.753. The van der Waals surface area contributed by atoms with Crippen molar-refractivity contribution in [1.29, 1.82) is 0 Å². The van der Waals surface area contributed by atoms with Gasteiger partial charge in [-0.25, -0.2) is 0 Å². The van der Waals surface area contributed by atoms with Gasteiger partial charge in [-0.05, 0) is 44.4 Å². The number of nitrogens with zero attached hydrogens (tertiary/aromatic N) is 5. The molecule has 4 heterocycles. The lowest BCUT2D eigenvalue weighted by atomic mass is 9.74. The van der Waals surface area contributed by atoms with Gasteiger partial charge in [-0.1, -0.05) is 0 Å². The van der Waals surface area contributed by atoms with E-state index in [9.17, 15) is 4.79 Å². The highest BCUT2D eigenvalue weighted by atomic mass is 32.1. The summed E-state index contributed by atoms with van der Waals surface area (Å²) in [7, 11) is 5.78. The molecule has 0 radical (unpaired) electrons. The Balaban J connectivity index is 1.53. The molecule has 2 aromatic heterocycles. The van der Waals surface area contributed by atoms with Gasteiger partial charge in [0.05, 0.1) is 11.6 Å². The van der Waals surface area contributed by atoms with E-state index in [4.69, 9.17) is 0 Å². The second-order valence-electron chi connectivity index (χ2n) is 9.10. The van der Waals surface area contributed by atoms with E-state index >= 15 is 0 Å². The first kappa shape index (κ1) is 20.6. The van der Waals surface area contributed by atoms with Crippen LogP contribution < -0.4 is 0 Å². The van der Waals surface area contributed by atoms with E-state index in [0.717, 1.165) is 52.1 Å². The van der Waals surface area contributed by atoms with Crippen LogP contribution in [0.1, 0.15) is 28.2 Å². The van der Waals surface area contributed by atoms with Gasteiger partial charge in [-0.15, -0.1) is 11.3 Å². The third kappa shape index (κ3) is 4.27. The summed E-state index contributed by atoms with van der Waals surface area (Å²) in [4.78, 5) is 23.1. The SMILES string of the molecule is Cc1ccc(CN2CCC[C@]3(C(=O)N(C)C)CN(Cc4cnn(C)c4)C[C@@H]3C2)s1. The number of thiophene rings is 1. The highest BCUT2D eigenvalue weighted by molar-refractivity contribution is 7.11. The third-order valence-corrected chi connectivity index (χ3v) is 7.50. The summed E-state index contributed by atoms with van der Waals surface area (Å²) in [5, 5.41) is 4.31. The summed E-state index contributed by atoms with van der Waals surface area (Å²) in [5.41, 5.74) is 0.966. The number of hydrogen-bond donors (Lipinski definition) is 0. The Labute approximate surface area is 178 Å². The van der Waals surface area contributed by atoms with Crippen molar-refractivity contribution in [3.63, 3.8) is 0 Å². The van der Waals surface area contributed by atoms with Crippen molar-refractivity contribution in [3.8, 4) is 0 Å². The van der Waals surface area contributed by atoms with E-state index in [1.165, 1.54) is 15.3 Å². The van der Waals surface area contributed by atoms with Crippen molar-refractivity contribution in [2.24, 2.45) is 18.4 Å². The molecule has 6 nitrogen and oxygen atoms in total. The monoisotopic (exact) mass is 415 g/mol. The normalized spacial score (nSPS) is 25.7. The molecule has 0 aromatic carbocycles. The maximum Gasteiger partial charge on any atom is 0.229 e. The highest BCUT2D eigenvalue weighted by Gasteiger charge is 2.53. The zero-order valence-corrected chi connectivity index (χ0v) is 18.9. The fraction of sp³-hybridized carbons (Fsp3) is 0.636. The topological polar surface area (TPSA) is 44.6 Å². The molecule has 0 aliphatic carbocycles. The van der Waals surface area contributed by atoms with Gasteiger partial charge >= 0.3 is 0 Å².